The van der Waals surface area contributed by atoms with Gasteiger partial charge >= 0.3 is 0 Å². The molecule has 2 rings (SSSR count). The number of pyridine rings is 1. The highest BCUT2D eigenvalue weighted by atomic mass is 14.8. The van der Waals surface area contributed by atoms with E-state index in [1.165, 1.54) is 0 Å². The zero-order valence-corrected chi connectivity index (χ0v) is 9.58. The predicted molar refractivity (Wildman–Crippen MR) is 70.2 cm³/mol. The van der Waals surface area contributed by atoms with Crippen molar-refractivity contribution in [2.24, 2.45) is 10.7 Å². The number of aliphatic imine (C=N–C) groups is 1. The maximum Gasteiger partial charge on any atom is 0.0903 e. The smallest absolute Gasteiger partial charge is 0.0903 e. The van der Waals surface area contributed by atoms with E-state index in [9.17, 15) is 0 Å². The van der Waals surface area contributed by atoms with Crippen LogP contribution in [0, 0.1) is 0 Å². The highest BCUT2D eigenvalue weighted by Crippen LogP contribution is 2.08. The first-order chi connectivity index (χ1) is 8.42. The molecule has 0 saturated carbocycles. The minimum absolute atomic E-state index is 0.545. The summed E-state index contributed by atoms with van der Waals surface area (Å²) in [5.74, 6) is 0. The molecule has 0 fully saturated rings. The Morgan fingerprint density at radius 2 is 1.82 bits per heavy atom. The van der Waals surface area contributed by atoms with Gasteiger partial charge in [-0.15, -0.1) is 0 Å². The molecule has 0 amide bonds. The third-order valence-corrected chi connectivity index (χ3v) is 2.35. The zero-order chi connectivity index (χ0) is 11.9. The van der Waals surface area contributed by atoms with Crippen molar-refractivity contribution < 1.29 is 0 Å². The minimum atomic E-state index is 0.545. The molecule has 86 valence electrons. The fourth-order valence-corrected chi connectivity index (χ4v) is 1.60. The van der Waals surface area contributed by atoms with E-state index < -0.39 is 0 Å². The lowest BCUT2D eigenvalue weighted by Gasteiger charge is -2.05. The molecule has 0 saturated heterocycles. The number of nitrogens with two attached hydrogens (primary N) is 1. The van der Waals surface area contributed by atoms with E-state index in [1.807, 2.05) is 48.5 Å². The van der Waals surface area contributed by atoms with Crippen molar-refractivity contribution in [2.75, 3.05) is 13.1 Å². The molecule has 3 heteroatoms. The first-order valence-corrected chi connectivity index (χ1v) is 5.63. The van der Waals surface area contributed by atoms with Crippen LogP contribution in [0.2, 0.25) is 0 Å². The first-order valence-electron chi connectivity index (χ1n) is 5.63. The van der Waals surface area contributed by atoms with E-state index in [0.717, 1.165) is 17.0 Å². The Labute approximate surface area is 101 Å². The Kier molecular flexibility index (Phi) is 4.00. The topological polar surface area (TPSA) is 51.3 Å². The molecular weight excluding hydrogens is 210 g/mol. The van der Waals surface area contributed by atoms with Crippen LogP contribution in [0.1, 0.15) is 11.3 Å². The van der Waals surface area contributed by atoms with Gasteiger partial charge in [-0.3, -0.25) is 9.98 Å². The summed E-state index contributed by atoms with van der Waals surface area (Å²) in [4.78, 5) is 8.85. The lowest BCUT2D eigenvalue weighted by atomic mass is 10.1. The van der Waals surface area contributed by atoms with E-state index >= 15 is 0 Å². The monoisotopic (exact) mass is 225 g/mol. The van der Waals surface area contributed by atoms with Gasteiger partial charge in [0.15, 0.2) is 0 Å². The minimum Gasteiger partial charge on any atom is -0.329 e. The number of nitrogens with zero attached hydrogens (tertiary/aromatic N) is 2. The molecule has 17 heavy (non-hydrogen) atoms. The standard InChI is InChI=1S/C14H15N3/c15-9-11-17-14(12-6-2-1-3-7-12)13-8-4-5-10-16-13/h1-8,10H,9,11,15H2/b17-14-. The van der Waals surface area contributed by atoms with Gasteiger partial charge in [0.25, 0.3) is 0 Å². The Balaban J connectivity index is 2.40. The SMILES string of the molecule is NCC/N=C(/c1ccccc1)c1ccccn1. The second-order valence-corrected chi connectivity index (χ2v) is 3.60. The molecular formula is C14H15N3. The molecule has 3 nitrogen and oxygen atoms in total. The molecule has 0 unspecified atom stereocenters. The molecule has 0 bridgehead atoms. The lowest BCUT2D eigenvalue weighted by Crippen LogP contribution is -2.10. The van der Waals surface area contributed by atoms with Crippen LogP contribution < -0.4 is 5.73 Å². The van der Waals surface area contributed by atoms with Crippen LogP contribution in [0.5, 0.6) is 0 Å². The maximum absolute atomic E-state index is 5.51. The molecule has 0 aliphatic carbocycles. The van der Waals surface area contributed by atoms with Gasteiger partial charge in [-0.1, -0.05) is 36.4 Å². The van der Waals surface area contributed by atoms with Crippen molar-refractivity contribution in [1.29, 1.82) is 0 Å². The summed E-state index contributed by atoms with van der Waals surface area (Å²) >= 11 is 0. The van der Waals surface area contributed by atoms with Gasteiger partial charge < -0.3 is 5.73 Å². The second kappa shape index (κ2) is 5.92. The molecule has 0 atom stereocenters. The van der Waals surface area contributed by atoms with Crippen LogP contribution in [0.3, 0.4) is 0 Å². The van der Waals surface area contributed by atoms with E-state index in [1.54, 1.807) is 6.20 Å². The van der Waals surface area contributed by atoms with Gasteiger partial charge in [0, 0.05) is 18.3 Å². The van der Waals surface area contributed by atoms with E-state index in [0.29, 0.717) is 13.1 Å². The van der Waals surface area contributed by atoms with Crippen LogP contribution >= 0.6 is 0 Å². The highest BCUT2D eigenvalue weighted by Gasteiger charge is 2.06. The van der Waals surface area contributed by atoms with Gasteiger partial charge in [-0.05, 0) is 12.1 Å². The van der Waals surface area contributed by atoms with Gasteiger partial charge in [0.05, 0.1) is 18.0 Å². The third kappa shape index (κ3) is 2.98. The second-order valence-electron chi connectivity index (χ2n) is 3.60. The highest BCUT2D eigenvalue weighted by molar-refractivity contribution is 6.11. The maximum atomic E-state index is 5.51. The molecule has 0 aliphatic heterocycles. The summed E-state index contributed by atoms with van der Waals surface area (Å²) in [6.07, 6.45) is 1.77. The number of aromatic nitrogens is 1. The largest absolute Gasteiger partial charge is 0.329 e. The van der Waals surface area contributed by atoms with Crippen LogP contribution in [-0.4, -0.2) is 23.8 Å². The molecule has 0 spiro atoms. The van der Waals surface area contributed by atoms with Crippen molar-refractivity contribution in [1.82, 2.24) is 4.98 Å². The number of rotatable bonds is 4. The molecule has 2 aromatic rings. The Morgan fingerprint density at radius 3 is 2.47 bits per heavy atom. The normalized spacial score (nSPS) is 11.5. The summed E-state index contributed by atoms with van der Waals surface area (Å²) in [6.45, 7) is 1.16. The first kappa shape index (κ1) is 11.5. The summed E-state index contributed by atoms with van der Waals surface area (Å²) in [5.41, 5.74) is 8.36. The van der Waals surface area contributed by atoms with Crippen molar-refractivity contribution in [3.8, 4) is 0 Å². The molecule has 0 aliphatic rings. The fraction of sp³-hybridized carbons (Fsp3) is 0.143. The molecule has 1 heterocycles. The fourth-order valence-electron chi connectivity index (χ4n) is 1.60. The average Bonchev–Trinajstić information content (AvgIpc) is 2.42. The summed E-state index contributed by atoms with van der Waals surface area (Å²) in [7, 11) is 0. The van der Waals surface area contributed by atoms with Gasteiger partial charge in [-0.25, -0.2) is 0 Å². The van der Waals surface area contributed by atoms with Crippen molar-refractivity contribution in [3.63, 3.8) is 0 Å². The molecule has 2 N–H and O–H groups in total. The Morgan fingerprint density at radius 1 is 1.06 bits per heavy atom. The molecule has 0 radical (unpaired) electrons. The quantitative estimate of drug-likeness (QED) is 0.808. The van der Waals surface area contributed by atoms with Crippen LogP contribution in [0.4, 0.5) is 0 Å². The van der Waals surface area contributed by atoms with Gasteiger partial charge in [0.1, 0.15) is 0 Å². The average molecular weight is 225 g/mol. The Bertz CT molecular complexity index is 436. The van der Waals surface area contributed by atoms with E-state index in [-0.39, 0.29) is 0 Å². The number of hydrogen-bond donors (Lipinski definition) is 1. The van der Waals surface area contributed by atoms with Gasteiger partial charge in [-0.2, -0.15) is 0 Å². The third-order valence-electron chi connectivity index (χ3n) is 2.35. The Hall–Kier alpha value is -2.00. The van der Waals surface area contributed by atoms with Crippen LogP contribution in [0.15, 0.2) is 59.7 Å². The predicted octanol–water partition coefficient (Wildman–Crippen LogP) is 1.88. The van der Waals surface area contributed by atoms with Gasteiger partial charge in [0.2, 0.25) is 0 Å². The number of hydrogen-bond acceptors (Lipinski definition) is 3. The number of benzene rings is 1. The zero-order valence-electron chi connectivity index (χ0n) is 9.58. The van der Waals surface area contributed by atoms with Crippen molar-refractivity contribution >= 4 is 5.71 Å². The summed E-state index contributed by atoms with van der Waals surface area (Å²) in [6, 6.07) is 15.9. The lowest BCUT2D eigenvalue weighted by molar-refractivity contribution is 0.974. The van der Waals surface area contributed by atoms with E-state index in [2.05, 4.69) is 9.98 Å². The summed E-state index contributed by atoms with van der Waals surface area (Å²) < 4.78 is 0. The van der Waals surface area contributed by atoms with E-state index in [4.69, 9.17) is 5.73 Å². The summed E-state index contributed by atoms with van der Waals surface area (Å²) in [5, 5.41) is 0. The van der Waals surface area contributed by atoms with Crippen molar-refractivity contribution in [3.05, 3.63) is 66.0 Å². The molecule has 1 aromatic heterocycles. The van der Waals surface area contributed by atoms with Crippen LogP contribution in [0.25, 0.3) is 0 Å². The van der Waals surface area contributed by atoms with Crippen LogP contribution in [-0.2, 0) is 0 Å². The van der Waals surface area contributed by atoms with Crippen molar-refractivity contribution in [2.45, 2.75) is 0 Å². The molecule has 1 aromatic carbocycles.